The molecule has 0 aromatic heterocycles. The molecule has 2 fully saturated rings. The smallest absolute Gasteiger partial charge is 0.155 e. The lowest BCUT2D eigenvalue weighted by molar-refractivity contribution is -0.127. The number of nitrogens with one attached hydrogen (secondary N) is 1. The van der Waals surface area contributed by atoms with E-state index in [0.717, 1.165) is 25.8 Å². The topological polar surface area (TPSA) is 29.1 Å². The van der Waals surface area contributed by atoms with Crippen molar-refractivity contribution in [2.45, 2.75) is 44.6 Å². The summed E-state index contributed by atoms with van der Waals surface area (Å²) in [5.41, 5.74) is -0.167. The van der Waals surface area contributed by atoms with E-state index in [9.17, 15) is 4.79 Å². The number of ketones is 1. The molecule has 1 N–H and O–H groups in total. The van der Waals surface area contributed by atoms with Crippen molar-refractivity contribution in [2.24, 2.45) is 5.92 Å². The maximum absolute atomic E-state index is 11.8. The first-order valence-corrected chi connectivity index (χ1v) is 5.02. The SMILES string of the molecule is CC1(C(=O)C2CC2)CCCCN1. The third kappa shape index (κ3) is 1.40. The minimum atomic E-state index is -0.167. The average molecular weight is 167 g/mol. The molecule has 12 heavy (non-hydrogen) atoms. The second kappa shape index (κ2) is 2.84. The normalized spacial score (nSPS) is 36.4. The molecule has 2 heteroatoms. The monoisotopic (exact) mass is 167 g/mol. The van der Waals surface area contributed by atoms with Crippen molar-refractivity contribution in [3.8, 4) is 0 Å². The van der Waals surface area contributed by atoms with Crippen LogP contribution in [0.25, 0.3) is 0 Å². The van der Waals surface area contributed by atoms with Gasteiger partial charge >= 0.3 is 0 Å². The molecule has 0 spiro atoms. The molecule has 1 atom stereocenters. The summed E-state index contributed by atoms with van der Waals surface area (Å²) in [6.45, 7) is 3.10. The Labute approximate surface area is 73.7 Å². The Hall–Kier alpha value is -0.370. The van der Waals surface area contributed by atoms with Gasteiger partial charge in [0.05, 0.1) is 5.54 Å². The van der Waals surface area contributed by atoms with E-state index in [2.05, 4.69) is 12.2 Å². The number of carbonyl (C=O) groups excluding carboxylic acids is 1. The maximum Gasteiger partial charge on any atom is 0.155 e. The molecule has 1 aliphatic heterocycles. The molecule has 0 radical (unpaired) electrons. The van der Waals surface area contributed by atoms with Gasteiger partial charge in [0.15, 0.2) is 5.78 Å². The summed E-state index contributed by atoms with van der Waals surface area (Å²) in [6, 6.07) is 0. The zero-order chi connectivity index (χ0) is 8.60. The quantitative estimate of drug-likeness (QED) is 0.675. The van der Waals surface area contributed by atoms with Crippen LogP contribution >= 0.6 is 0 Å². The molecule has 2 aliphatic rings. The van der Waals surface area contributed by atoms with Crippen LogP contribution in [0.3, 0.4) is 0 Å². The molecule has 1 heterocycles. The number of rotatable bonds is 2. The van der Waals surface area contributed by atoms with Gasteiger partial charge in [-0.05, 0) is 45.6 Å². The van der Waals surface area contributed by atoms with Crippen LogP contribution in [0.5, 0.6) is 0 Å². The van der Waals surface area contributed by atoms with Gasteiger partial charge in [0.2, 0.25) is 0 Å². The van der Waals surface area contributed by atoms with E-state index in [1.807, 2.05) is 0 Å². The van der Waals surface area contributed by atoms with Crippen molar-refractivity contribution >= 4 is 5.78 Å². The standard InChI is InChI=1S/C10H17NO/c1-10(6-2-3-7-11-10)9(12)8-4-5-8/h8,11H,2-7H2,1H3. The predicted octanol–water partition coefficient (Wildman–Crippen LogP) is 1.50. The van der Waals surface area contributed by atoms with Gasteiger partial charge in [-0.15, -0.1) is 0 Å². The first-order valence-electron chi connectivity index (χ1n) is 5.02. The van der Waals surface area contributed by atoms with Crippen molar-refractivity contribution in [1.29, 1.82) is 0 Å². The largest absolute Gasteiger partial charge is 0.305 e. The summed E-state index contributed by atoms with van der Waals surface area (Å²) in [5.74, 6) is 0.878. The Morgan fingerprint density at radius 3 is 2.67 bits per heavy atom. The molecular formula is C10H17NO. The fourth-order valence-electron chi connectivity index (χ4n) is 2.06. The second-order valence-corrected chi connectivity index (χ2v) is 4.35. The number of carbonyl (C=O) groups is 1. The molecule has 1 aliphatic carbocycles. The van der Waals surface area contributed by atoms with Crippen molar-refractivity contribution < 1.29 is 4.79 Å². The van der Waals surface area contributed by atoms with Gasteiger partial charge in [0.1, 0.15) is 0 Å². The van der Waals surface area contributed by atoms with E-state index >= 15 is 0 Å². The Kier molecular flexibility index (Phi) is 1.95. The first-order chi connectivity index (χ1) is 5.72. The van der Waals surface area contributed by atoms with E-state index in [4.69, 9.17) is 0 Å². The molecule has 1 unspecified atom stereocenters. The van der Waals surface area contributed by atoms with Crippen molar-refractivity contribution in [3.63, 3.8) is 0 Å². The van der Waals surface area contributed by atoms with Crippen molar-refractivity contribution in [2.75, 3.05) is 6.54 Å². The van der Waals surface area contributed by atoms with E-state index in [1.165, 1.54) is 12.8 Å². The maximum atomic E-state index is 11.8. The van der Waals surface area contributed by atoms with Crippen LogP contribution < -0.4 is 5.32 Å². The summed E-state index contributed by atoms with van der Waals surface area (Å²) in [6.07, 6.45) is 5.75. The molecule has 0 amide bonds. The number of Topliss-reactive ketones (excluding diaryl/α,β-unsaturated/α-hetero) is 1. The predicted molar refractivity (Wildman–Crippen MR) is 48.0 cm³/mol. The van der Waals surface area contributed by atoms with Crippen molar-refractivity contribution in [3.05, 3.63) is 0 Å². The molecular weight excluding hydrogens is 150 g/mol. The van der Waals surface area contributed by atoms with E-state index in [0.29, 0.717) is 11.7 Å². The molecule has 0 aromatic carbocycles. The highest BCUT2D eigenvalue weighted by Gasteiger charge is 2.42. The first kappa shape index (κ1) is 8.24. The fourth-order valence-corrected chi connectivity index (χ4v) is 2.06. The second-order valence-electron chi connectivity index (χ2n) is 4.35. The number of piperidine rings is 1. The Balaban J connectivity index is 2.01. The molecule has 2 rings (SSSR count). The molecule has 2 nitrogen and oxygen atoms in total. The van der Waals surface area contributed by atoms with Crippen LogP contribution in [-0.2, 0) is 4.79 Å². The highest BCUT2D eigenvalue weighted by molar-refractivity contribution is 5.91. The van der Waals surface area contributed by atoms with Gasteiger partial charge < -0.3 is 5.32 Å². The van der Waals surface area contributed by atoms with Crippen LogP contribution in [0, 0.1) is 5.92 Å². The lowest BCUT2D eigenvalue weighted by Crippen LogP contribution is -2.52. The molecule has 1 saturated carbocycles. The van der Waals surface area contributed by atoms with Crippen LogP contribution in [0.15, 0.2) is 0 Å². The summed E-state index contributed by atoms with van der Waals surface area (Å²) >= 11 is 0. The lowest BCUT2D eigenvalue weighted by Gasteiger charge is -2.33. The molecule has 68 valence electrons. The highest BCUT2D eigenvalue weighted by Crippen LogP contribution is 2.36. The third-order valence-corrected chi connectivity index (χ3v) is 3.11. The third-order valence-electron chi connectivity index (χ3n) is 3.11. The van der Waals surface area contributed by atoms with Crippen molar-refractivity contribution in [1.82, 2.24) is 5.32 Å². The van der Waals surface area contributed by atoms with Crippen LogP contribution in [0.4, 0.5) is 0 Å². The Bertz CT molecular complexity index is 190. The summed E-state index contributed by atoms with van der Waals surface area (Å²) in [5, 5.41) is 3.37. The van der Waals surface area contributed by atoms with Gasteiger partial charge in [0.25, 0.3) is 0 Å². The van der Waals surface area contributed by atoms with Gasteiger partial charge in [-0.1, -0.05) is 0 Å². The van der Waals surface area contributed by atoms with Crippen LogP contribution in [-0.4, -0.2) is 17.9 Å². The van der Waals surface area contributed by atoms with Gasteiger partial charge in [-0.2, -0.15) is 0 Å². The van der Waals surface area contributed by atoms with Gasteiger partial charge in [0, 0.05) is 5.92 Å². The Morgan fingerprint density at radius 2 is 2.17 bits per heavy atom. The van der Waals surface area contributed by atoms with E-state index in [1.54, 1.807) is 0 Å². The molecule has 0 bridgehead atoms. The van der Waals surface area contributed by atoms with Gasteiger partial charge in [-0.3, -0.25) is 4.79 Å². The summed E-state index contributed by atoms with van der Waals surface area (Å²) < 4.78 is 0. The molecule has 0 aromatic rings. The van der Waals surface area contributed by atoms with Crippen LogP contribution in [0.1, 0.15) is 39.0 Å². The Morgan fingerprint density at radius 1 is 1.42 bits per heavy atom. The average Bonchev–Trinajstić information content (AvgIpc) is 2.87. The summed E-state index contributed by atoms with van der Waals surface area (Å²) in [4.78, 5) is 11.8. The lowest BCUT2D eigenvalue weighted by atomic mass is 9.85. The summed E-state index contributed by atoms with van der Waals surface area (Å²) in [7, 11) is 0. The van der Waals surface area contributed by atoms with E-state index < -0.39 is 0 Å². The van der Waals surface area contributed by atoms with E-state index in [-0.39, 0.29) is 5.54 Å². The minimum Gasteiger partial charge on any atom is -0.305 e. The number of hydrogen-bond donors (Lipinski definition) is 1. The van der Waals surface area contributed by atoms with Gasteiger partial charge in [-0.25, -0.2) is 0 Å². The fraction of sp³-hybridized carbons (Fsp3) is 0.900. The number of hydrogen-bond acceptors (Lipinski definition) is 2. The van der Waals surface area contributed by atoms with Crippen LogP contribution in [0.2, 0.25) is 0 Å². The highest BCUT2D eigenvalue weighted by atomic mass is 16.1. The molecule has 1 saturated heterocycles. The zero-order valence-corrected chi connectivity index (χ0v) is 7.73. The zero-order valence-electron chi connectivity index (χ0n) is 7.73. The minimum absolute atomic E-state index is 0.167.